The lowest BCUT2D eigenvalue weighted by molar-refractivity contribution is -0.133. The fourth-order valence-corrected chi connectivity index (χ4v) is 4.37. The monoisotopic (exact) mass is 471 g/mol. The minimum Gasteiger partial charge on any atom is -0.484 e. The third-order valence-corrected chi connectivity index (χ3v) is 6.51. The maximum Gasteiger partial charge on any atom is 0.263 e. The van der Waals surface area contributed by atoms with Crippen molar-refractivity contribution in [3.05, 3.63) is 72.9 Å². The summed E-state index contributed by atoms with van der Waals surface area (Å²) in [7, 11) is -3.76. The van der Waals surface area contributed by atoms with Crippen LogP contribution in [0.25, 0.3) is 0 Å². The van der Waals surface area contributed by atoms with Gasteiger partial charge >= 0.3 is 0 Å². The van der Waals surface area contributed by atoms with Crippen molar-refractivity contribution >= 4 is 27.4 Å². The Morgan fingerprint density at radius 1 is 1.00 bits per heavy atom. The maximum atomic E-state index is 12.9. The molecule has 2 heterocycles. The molecule has 2 aromatic carbocycles. The van der Waals surface area contributed by atoms with Gasteiger partial charge in [-0.2, -0.15) is 0 Å². The molecule has 1 amide bonds. The summed E-state index contributed by atoms with van der Waals surface area (Å²) in [5.74, 6) is 0.125. The van der Waals surface area contributed by atoms with Crippen LogP contribution in [0.4, 0.5) is 15.9 Å². The van der Waals surface area contributed by atoms with E-state index < -0.39 is 10.0 Å². The van der Waals surface area contributed by atoms with Gasteiger partial charge in [0.2, 0.25) is 0 Å². The Balaban J connectivity index is 1.29. The van der Waals surface area contributed by atoms with E-state index in [1.807, 2.05) is 0 Å². The highest BCUT2D eigenvalue weighted by atomic mass is 32.2. The van der Waals surface area contributed by atoms with E-state index in [1.165, 1.54) is 55.0 Å². The second kappa shape index (κ2) is 9.82. The minimum atomic E-state index is -3.76. The molecule has 0 bridgehead atoms. The first-order valence-corrected chi connectivity index (χ1v) is 11.7. The Bertz CT molecular complexity index is 1180. The van der Waals surface area contributed by atoms with Crippen molar-refractivity contribution in [3.8, 4) is 5.75 Å². The molecule has 0 spiro atoms. The van der Waals surface area contributed by atoms with Crippen molar-refractivity contribution in [2.24, 2.45) is 0 Å². The molecule has 3 aromatic rings. The zero-order valence-corrected chi connectivity index (χ0v) is 18.4. The second-order valence-corrected chi connectivity index (χ2v) is 8.99. The molecule has 0 radical (unpaired) electrons. The molecule has 0 saturated carbocycles. The minimum absolute atomic E-state index is 0.114. The van der Waals surface area contributed by atoms with Crippen LogP contribution in [0.3, 0.4) is 0 Å². The van der Waals surface area contributed by atoms with Gasteiger partial charge in [-0.25, -0.2) is 22.8 Å². The summed E-state index contributed by atoms with van der Waals surface area (Å²) in [4.78, 5) is 24.0. The number of carbonyl (C=O) groups is 1. The number of carbonyl (C=O) groups excluding carboxylic acids is 1. The van der Waals surface area contributed by atoms with E-state index in [2.05, 4.69) is 19.6 Å². The predicted octanol–water partition coefficient (Wildman–Crippen LogP) is 2.14. The SMILES string of the molecule is O=C(COc1ccc(F)cc1)N1CCN(c2ccc(S(=O)(=O)Nc3ccncn3)cc2)CC1. The lowest BCUT2D eigenvalue weighted by Gasteiger charge is -2.36. The summed E-state index contributed by atoms with van der Waals surface area (Å²) in [6, 6.07) is 13.5. The van der Waals surface area contributed by atoms with Crippen molar-refractivity contribution in [2.75, 3.05) is 42.4 Å². The number of halogens is 1. The van der Waals surface area contributed by atoms with Gasteiger partial charge in [0, 0.05) is 38.1 Å². The molecule has 0 atom stereocenters. The number of aromatic nitrogens is 2. The van der Waals surface area contributed by atoms with Gasteiger partial charge in [-0.05, 0) is 54.6 Å². The van der Waals surface area contributed by atoms with Gasteiger partial charge in [0.15, 0.2) is 6.61 Å². The molecule has 172 valence electrons. The van der Waals surface area contributed by atoms with Gasteiger partial charge in [-0.15, -0.1) is 0 Å². The van der Waals surface area contributed by atoms with Crippen molar-refractivity contribution in [1.29, 1.82) is 0 Å². The number of hydrogen-bond donors (Lipinski definition) is 1. The third-order valence-electron chi connectivity index (χ3n) is 5.14. The predicted molar refractivity (Wildman–Crippen MR) is 120 cm³/mol. The fraction of sp³-hybridized carbons (Fsp3) is 0.227. The standard InChI is InChI=1S/C22H22FN5O4S/c23-17-1-5-19(6-2-17)32-15-22(29)28-13-11-27(12-14-28)18-3-7-20(8-4-18)33(30,31)26-21-9-10-24-16-25-21/h1-10,16H,11-15H2,(H,24,25,26). The molecule has 0 aliphatic carbocycles. The summed E-state index contributed by atoms with van der Waals surface area (Å²) in [6.45, 7) is 2.13. The van der Waals surface area contributed by atoms with Crippen LogP contribution in [0.2, 0.25) is 0 Å². The highest BCUT2D eigenvalue weighted by molar-refractivity contribution is 7.92. The number of sulfonamides is 1. The van der Waals surface area contributed by atoms with Crippen molar-refractivity contribution in [3.63, 3.8) is 0 Å². The number of nitrogens with one attached hydrogen (secondary N) is 1. The highest BCUT2D eigenvalue weighted by Crippen LogP contribution is 2.21. The largest absolute Gasteiger partial charge is 0.484 e. The van der Waals surface area contributed by atoms with Gasteiger partial charge in [0.25, 0.3) is 15.9 Å². The van der Waals surface area contributed by atoms with E-state index in [-0.39, 0.29) is 29.0 Å². The molecule has 1 saturated heterocycles. The molecule has 1 N–H and O–H groups in total. The van der Waals surface area contributed by atoms with Crippen LogP contribution >= 0.6 is 0 Å². The molecule has 0 unspecified atom stereocenters. The topological polar surface area (TPSA) is 105 Å². The molecule has 1 aromatic heterocycles. The van der Waals surface area contributed by atoms with Gasteiger partial charge in [-0.3, -0.25) is 9.52 Å². The van der Waals surface area contributed by atoms with E-state index in [4.69, 9.17) is 4.74 Å². The number of benzene rings is 2. The number of ether oxygens (including phenoxy) is 1. The van der Waals surface area contributed by atoms with Crippen LogP contribution in [0.1, 0.15) is 0 Å². The molecule has 11 heteroatoms. The van der Waals surface area contributed by atoms with Crippen LogP contribution in [0.15, 0.2) is 72.0 Å². The van der Waals surface area contributed by atoms with Gasteiger partial charge in [0.05, 0.1) is 4.90 Å². The van der Waals surface area contributed by atoms with E-state index >= 15 is 0 Å². The zero-order valence-electron chi connectivity index (χ0n) is 17.6. The summed E-state index contributed by atoms with van der Waals surface area (Å²) >= 11 is 0. The Labute approximate surface area is 190 Å². The Morgan fingerprint density at radius 2 is 1.70 bits per heavy atom. The second-order valence-electron chi connectivity index (χ2n) is 7.30. The summed E-state index contributed by atoms with van der Waals surface area (Å²) < 4.78 is 45.8. The number of nitrogens with zero attached hydrogens (tertiary/aromatic N) is 4. The van der Waals surface area contributed by atoms with Crippen LogP contribution in [0.5, 0.6) is 5.75 Å². The Kier molecular flexibility index (Phi) is 6.68. The van der Waals surface area contributed by atoms with E-state index in [1.54, 1.807) is 17.0 Å². The van der Waals surface area contributed by atoms with Crippen LogP contribution in [-0.2, 0) is 14.8 Å². The summed E-state index contributed by atoms with van der Waals surface area (Å²) in [5, 5.41) is 0. The van der Waals surface area contributed by atoms with Crippen molar-refractivity contribution < 1.29 is 22.3 Å². The van der Waals surface area contributed by atoms with Crippen LogP contribution in [0, 0.1) is 5.82 Å². The molecule has 1 fully saturated rings. The fourth-order valence-electron chi connectivity index (χ4n) is 3.36. The van der Waals surface area contributed by atoms with Crippen molar-refractivity contribution in [1.82, 2.24) is 14.9 Å². The lowest BCUT2D eigenvalue weighted by Crippen LogP contribution is -2.50. The van der Waals surface area contributed by atoms with Crippen LogP contribution in [-0.4, -0.2) is 62.0 Å². The quantitative estimate of drug-likeness (QED) is 0.563. The first kappa shape index (κ1) is 22.5. The highest BCUT2D eigenvalue weighted by Gasteiger charge is 2.22. The van der Waals surface area contributed by atoms with Gasteiger partial charge < -0.3 is 14.5 Å². The van der Waals surface area contributed by atoms with E-state index in [0.717, 1.165) is 5.69 Å². The molecule has 4 rings (SSSR count). The average molecular weight is 472 g/mol. The summed E-state index contributed by atoms with van der Waals surface area (Å²) in [6.07, 6.45) is 2.72. The first-order valence-electron chi connectivity index (χ1n) is 10.2. The smallest absolute Gasteiger partial charge is 0.263 e. The summed E-state index contributed by atoms with van der Waals surface area (Å²) in [5.41, 5.74) is 0.866. The number of rotatable bonds is 7. The Morgan fingerprint density at radius 3 is 2.33 bits per heavy atom. The molecule has 33 heavy (non-hydrogen) atoms. The van der Waals surface area contributed by atoms with E-state index in [0.29, 0.717) is 31.9 Å². The Hall–Kier alpha value is -3.73. The number of anilines is 2. The molecule has 9 nitrogen and oxygen atoms in total. The lowest BCUT2D eigenvalue weighted by atomic mass is 10.2. The normalized spacial score (nSPS) is 14.1. The van der Waals surface area contributed by atoms with Gasteiger partial charge in [0.1, 0.15) is 23.7 Å². The van der Waals surface area contributed by atoms with Crippen LogP contribution < -0.4 is 14.4 Å². The number of amides is 1. The number of piperazine rings is 1. The molecule has 1 aliphatic heterocycles. The molecular weight excluding hydrogens is 449 g/mol. The zero-order chi connectivity index (χ0) is 23.3. The van der Waals surface area contributed by atoms with Gasteiger partial charge in [-0.1, -0.05) is 0 Å². The van der Waals surface area contributed by atoms with Crippen molar-refractivity contribution in [2.45, 2.75) is 4.90 Å². The molecule has 1 aliphatic rings. The first-order chi connectivity index (χ1) is 15.9. The average Bonchev–Trinajstić information content (AvgIpc) is 2.84. The molecular formula is C22H22FN5O4S. The third kappa shape index (κ3) is 5.75. The van der Waals surface area contributed by atoms with E-state index in [9.17, 15) is 17.6 Å². The maximum absolute atomic E-state index is 12.9. The number of hydrogen-bond acceptors (Lipinski definition) is 7.